The van der Waals surface area contributed by atoms with E-state index >= 15 is 0 Å². The van der Waals surface area contributed by atoms with Crippen LogP contribution in [0.4, 0.5) is 11.4 Å². The van der Waals surface area contributed by atoms with Gasteiger partial charge in [0.15, 0.2) is 0 Å². The molecule has 0 bridgehead atoms. The third-order valence-corrected chi connectivity index (χ3v) is 4.04. The first-order valence-electron chi connectivity index (χ1n) is 7.07. The van der Waals surface area contributed by atoms with Crippen LogP contribution in [0.3, 0.4) is 0 Å². The average molecular weight is 273 g/mol. The van der Waals surface area contributed by atoms with Gasteiger partial charge in [0.2, 0.25) is 0 Å². The summed E-state index contributed by atoms with van der Waals surface area (Å²) in [5.41, 5.74) is 1.01. The van der Waals surface area contributed by atoms with E-state index in [9.17, 15) is 10.1 Å². The highest BCUT2D eigenvalue weighted by atomic mass is 16.6. The zero-order valence-corrected chi connectivity index (χ0v) is 11.6. The quantitative estimate of drug-likeness (QED) is 0.515. The van der Waals surface area contributed by atoms with Gasteiger partial charge < -0.3 is 5.32 Å². The molecule has 106 valence electrons. The van der Waals surface area contributed by atoms with Crippen LogP contribution in [0.5, 0.6) is 0 Å². The molecule has 1 N–H and O–H groups in total. The van der Waals surface area contributed by atoms with E-state index in [2.05, 4.69) is 12.2 Å². The molecule has 2 rings (SSSR count). The van der Waals surface area contributed by atoms with Gasteiger partial charge in [-0.15, -0.1) is 0 Å². The van der Waals surface area contributed by atoms with E-state index in [1.165, 1.54) is 37.8 Å². The molecule has 0 radical (unpaired) electrons. The number of anilines is 1. The largest absolute Gasteiger partial charge is 0.381 e. The number of nitro groups is 1. The highest BCUT2D eigenvalue weighted by Crippen LogP contribution is 2.28. The maximum atomic E-state index is 10.7. The number of hydrogen-bond acceptors (Lipinski definition) is 4. The number of hydrogen-bond donors (Lipinski definition) is 1. The van der Waals surface area contributed by atoms with Gasteiger partial charge in [0.05, 0.1) is 16.2 Å². The number of nitriles is 1. The van der Waals surface area contributed by atoms with Gasteiger partial charge in [-0.1, -0.05) is 26.2 Å². The Morgan fingerprint density at radius 1 is 1.35 bits per heavy atom. The molecule has 2 atom stereocenters. The van der Waals surface area contributed by atoms with Crippen molar-refractivity contribution < 1.29 is 4.92 Å². The molecule has 0 aliphatic heterocycles. The number of non-ortho nitro benzene ring substituents is 1. The second-order valence-corrected chi connectivity index (χ2v) is 5.46. The standard InChI is InChI=1S/C15H19N3O2/c1-11-5-3-2-4-6-14(11)17-15-8-7-13(18(19)20)9-12(15)10-16/h7-9,11,14,17H,2-6H2,1H3. The van der Waals surface area contributed by atoms with Crippen molar-refractivity contribution in [3.63, 3.8) is 0 Å². The third kappa shape index (κ3) is 3.27. The molecule has 1 aromatic rings. The molecule has 2 unspecified atom stereocenters. The van der Waals surface area contributed by atoms with Gasteiger partial charge in [-0.3, -0.25) is 10.1 Å². The van der Waals surface area contributed by atoms with Crippen molar-refractivity contribution in [2.24, 2.45) is 5.92 Å². The fraction of sp³-hybridized carbons (Fsp3) is 0.533. The highest BCUT2D eigenvalue weighted by Gasteiger charge is 2.21. The average Bonchev–Trinajstić information content (AvgIpc) is 2.64. The molecule has 1 aromatic carbocycles. The molecule has 5 heteroatoms. The second kappa shape index (κ2) is 6.38. The summed E-state index contributed by atoms with van der Waals surface area (Å²) in [6.07, 6.45) is 5.98. The van der Waals surface area contributed by atoms with Crippen molar-refractivity contribution in [1.82, 2.24) is 0 Å². The van der Waals surface area contributed by atoms with E-state index in [1.807, 2.05) is 6.07 Å². The molecule has 1 saturated carbocycles. The van der Waals surface area contributed by atoms with Crippen LogP contribution in [0.2, 0.25) is 0 Å². The molecule has 0 amide bonds. The Hall–Kier alpha value is -2.09. The molecule has 0 saturated heterocycles. The van der Waals surface area contributed by atoms with Gasteiger partial charge >= 0.3 is 0 Å². The minimum Gasteiger partial charge on any atom is -0.381 e. The lowest BCUT2D eigenvalue weighted by atomic mass is 9.96. The molecule has 1 aliphatic carbocycles. The van der Waals surface area contributed by atoms with E-state index in [0.29, 0.717) is 23.2 Å². The fourth-order valence-corrected chi connectivity index (χ4v) is 2.77. The molecule has 1 fully saturated rings. The van der Waals surface area contributed by atoms with Gasteiger partial charge in [-0.2, -0.15) is 5.26 Å². The van der Waals surface area contributed by atoms with Crippen LogP contribution in [0.25, 0.3) is 0 Å². The van der Waals surface area contributed by atoms with Crippen molar-refractivity contribution in [1.29, 1.82) is 5.26 Å². The highest BCUT2D eigenvalue weighted by molar-refractivity contribution is 5.61. The maximum Gasteiger partial charge on any atom is 0.270 e. The Bertz CT molecular complexity index is 536. The van der Waals surface area contributed by atoms with Crippen molar-refractivity contribution >= 4 is 11.4 Å². The Kier molecular flexibility index (Phi) is 4.57. The van der Waals surface area contributed by atoms with Gasteiger partial charge in [0.25, 0.3) is 5.69 Å². The van der Waals surface area contributed by atoms with E-state index in [4.69, 9.17) is 5.26 Å². The monoisotopic (exact) mass is 273 g/mol. The zero-order chi connectivity index (χ0) is 14.5. The van der Waals surface area contributed by atoms with Crippen LogP contribution in [-0.2, 0) is 0 Å². The smallest absolute Gasteiger partial charge is 0.270 e. The molecule has 5 nitrogen and oxygen atoms in total. The number of benzene rings is 1. The molecule has 0 aromatic heterocycles. The van der Waals surface area contributed by atoms with E-state index in [-0.39, 0.29) is 5.69 Å². The van der Waals surface area contributed by atoms with Crippen LogP contribution >= 0.6 is 0 Å². The molecular formula is C15H19N3O2. The van der Waals surface area contributed by atoms with Crippen molar-refractivity contribution in [2.75, 3.05) is 5.32 Å². The summed E-state index contributed by atoms with van der Waals surface area (Å²) in [5, 5.41) is 23.3. The van der Waals surface area contributed by atoms with Gasteiger partial charge in [-0.05, 0) is 24.8 Å². The molecular weight excluding hydrogens is 254 g/mol. The van der Waals surface area contributed by atoms with Crippen LogP contribution < -0.4 is 5.32 Å². The minimum absolute atomic E-state index is 0.0407. The zero-order valence-electron chi connectivity index (χ0n) is 11.6. The van der Waals surface area contributed by atoms with Gasteiger partial charge in [0, 0.05) is 18.2 Å². The lowest BCUT2D eigenvalue weighted by Gasteiger charge is -2.24. The van der Waals surface area contributed by atoms with Crippen LogP contribution in [0.1, 0.15) is 44.6 Å². The lowest BCUT2D eigenvalue weighted by molar-refractivity contribution is -0.384. The van der Waals surface area contributed by atoms with Gasteiger partial charge in [-0.25, -0.2) is 0 Å². The lowest BCUT2D eigenvalue weighted by Crippen LogP contribution is -2.26. The topological polar surface area (TPSA) is 79.0 Å². The Labute approximate surface area is 118 Å². The maximum absolute atomic E-state index is 10.7. The van der Waals surface area contributed by atoms with Crippen molar-refractivity contribution in [2.45, 2.75) is 45.1 Å². The second-order valence-electron chi connectivity index (χ2n) is 5.46. The number of nitrogens with zero attached hydrogens (tertiary/aromatic N) is 2. The third-order valence-electron chi connectivity index (χ3n) is 4.04. The first-order chi connectivity index (χ1) is 9.61. The first kappa shape index (κ1) is 14.3. The Morgan fingerprint density at radius 2 is 2.10 bits per heavy atom. The van der Waals surface area contributed by atoms with Crippen molar-refractivity contribution in [3.8, 4) is 6.07 Å². The van der Waals surface area contributed by atoms with Crippen LogP contribution in [0.15, 0.2) is 18.2 Å². The van der Waals surface area contributed by atoms with Crippen LogP contribution in [-0.4, -0.2) is 11.0 Å². The molecule has 1 aliphatic rings. The Morgan fingerprint density at radius 3 is 2.80 bits per heavy atom. The summed E-state index contributed by atoms with van der Waals surface area (Å²) in [4.78, 5) is 10.3. The predicted octanol–water partition coefficient (Wildman–Crippen LogP) is 3.85. The van der Waals surface area contributed by atoms with E-state index in [1.54, 1.807) is 6.07 Å². The van der Waals surface area contributed by atoms with Crippen LogP contribution in [0, 0.1) is 27.4 Å². The fourth-order valence-electron chi connectivity index (χ4n) is 2.77. The summed E-state index contributed by atoms with van der Waals surface area (Å²) < 4.78 is 0. The summed E-state index contributed by atoms with van der Waals surface area (Å²) in [5.74, 6) is 0.555. The molecule has 0 heterocycles. The van der Waals surface area contributed by atoms with Crippen molar-refractivity contribution in [3.05, 3.63) is 33.9 Å². The molecule has 0 spiro atoms. The SMILES string of the molecule is CC1CCCCCC1Nc1ccc([N+](=O)[O-])cc1C#N. The normalized spacial score (nSPS) is 22.6. The first-order valence-corrected chi connectivity index (χ1v) is 7.07. The minimum atomic E-state index is -0.473. The summed E-state index contributed by atoms with van der Waals surface area (Å²) in [6, 6.07) is 6.82. The Balaban J connectivity index is 2.20. The number of nitrogens with one attached hydrogen (secondary N) is 1. The van der Waals surface area contributed by atoms with Gasteiger partial charge in [0.1, 0.15) is 6.07 Å². The number of nitro benzene ring substituents is 1. The van der Waals surface area contributed by atoms with E-state index < -0.39 is 4.92 Å². The predicted molar refractivity (Wildman–Crippen MR) is 77.5 cm³/mol. The summed E-state index contributed by atoms with van der Waals surface area (Å²) in [6.45, 7) is 2.22. The number of rotatable bonds is 3. The summed E-state index contributed by atoms with van der Waals surface area (Å²) >= 11 is 0. The summed E-state index contributed by atoms with van der Waals surface area (Å²) in [7, 11) is 0. The molecule has 20 heavy (non-hydrogen) atoms. The van der Waals surface area contributed by atoms with E-state index in [0.717, 1.165) is 6.42 Å².